The molecular weight excluding hydrogens is 501 g/mol. The molecule has 0 amide bonds. The molecule has 1 aliphatic heterocycles. The lowest BCUT2D eigenvalue weighted by Crippen LogP contribution is -2.44. The Kier molecular flexibility index (Phi) is 7.61. The van der Waals surface area contributed by atoms with E-state index in [0.717, 1.165) is 35.4 Å². The number of nitrogens with zero attached hydrogens (tertiary/aromatic N) is 2. The minimum absolute atomic E-state index is 0. The third-order valence-corrected chi connectivity index (χ3v) is 6.50. The van der Waals surface area contributed by atoms with Gasteiger partial charge in [-0.3, -0.25) is 4.72 Å². The molecule has 0 aliphatic carbocycles. The summed E-state index contributed by atoms with van der Waals surface area (Å²) in [5.74, 6) is 0.683. The number of nitrogens with one attached hydrogen (secondary N) is 1. The molecule has 1 fully saturated rings. The zero-order valence-electron chi connectivity index (χ0n) is 15.2. The van der Waals surface area contributed by atoms with E-state index in [1.165, 1.54) is 0 Å². The summed E-state index contributed by atoms with van der Waals surface area (Å²) >= 11 is 2.18. The van der Waals surface area contributed by atoms with Gasteiger partial charge < -0.3 is 14.5 Å². The molecule has 3 rings (SSSR count). The van der Waals surface area contributed by atoms with Crippen molar-refractivity contribution >= 4 is 56.4 Å². The first-order valence-electron chi connectivity index (χ1n) is 8.29. The van der Waals surface area contributed by atoms with E-state index in [1.807, 2.05) is 12.1 Å². The van der Waals surface area contributed by atoms with Crippen LogP contribution in [0.5, 0.6) is 5.75 Å². The first kappa shape index (κ1) is 22.1. The maximum Gasteiger partial charge on any atom is 0.261 e. The predicted molar refractivity (Wildman–Crippen MR) is 120 cm³/mol. The number of hydrogen-bond donors (Lipinski definition) is 1. The maximum atomic E-state index is 12.8. The Morgan fingerprint density at radius 1 is 1.04 bits per heavy atom. The van der Waals surface area contributed by atoms with E-state index in [4.69, 9.17) is 4.74 Å². The summed E-state index contributed by atoms with van der Waals surface area (Å²) in [6.07, 6.45) is 0. The summed E-state index contributed by atoms with van der Waals surface area (Å²) in [5, 5.41) is 0. The number of methoxy groups -OCH3 is 1. The molecule has 1 heterocycles. The number of anilines is 2. The van der Waals surface area contributed by atoms with E-state index >= 15 is 0 Å². The molecule has 148 valence electrons. The Morgan fingerprint density at radius 3 is 2.26 bits per heavy atom. The summed E-state index contributed by atoms with van der Waals surface area (Å²) in [7, 11) is 0.0196. The van der Waals surface area contributed by atoms with Gasteiger partial charge in [0.05, 0.1) is 17.7 Å². The fourth-order valence-electron chi connectivity index (χ4n) is 2.86. The van der Waals surface area contributed by atoms with Gasteiger partial charge in [-0.25, -0.2) is 8.42 Å². The smallest absolute Gasteiger partial charge is 0.261 e. The fraction of sp³-hybridized carbons (Fsp3) is 0.333. The van der Waals surface area contributed by atoms with E-state index in [2.05, 4.69) is 44.2 Å². The van der Waals surface area contributed by atoms with Crippen LogP contribution in [-0.4, -0.2) is 53.7 Å². The topological polar surface area (TPSA) is 61.9 Å². The van der Waals surface area contributed by atoms with Crippen LogP contribution in [0.25, 0.3) is 0 Å². The second-order valence-electron chi connectivity index (χ2n) is 6.24. The summed E-state index contributed by atoms with van der Waals surface area (Å²) in [6, 6.07) is 12.2. The number of piperazine rings is 1. The molecule has 9 heteroatoms. The van der Waals surface area contributed by atoms with Gasteiger partial charge in [0.25, 0.3) is 10.0 Å². The number of sulfonamides is 1. The molecule has 2 aromatic rings. The molecule has 1 saturated heterocycles. The van der Waals surface area contributed by atoms with E-state index < -0.39 is 10.0 Å². The quantitative estimate of drug-likeness (QED) is 0.610. The van der Waals surface area contributed by atoms with Crippen molar-refractivity contribution in [3.63, 3.8) is 0 Å². The van der Waals surface area contributed by atoms with Crippen molar-refractivity contribution in [3.8, 4) is 5.75 Å². The predicted octanol–water partition coefficient (Wildman–Crippen LogP) is 3.27. The molecule has 0 unspecified atom stereocenters. The minimum atomic E-state index is -3.67. The molecule has 0 aromatic heterocycles. The van der Waals surface area contributed by atoms with E-state index in [0.29, 0.717) is 11.4 Å². The molecular formula is C18H23ClIN3O3S. The van der Waals surface area contributed by atoms with Crippen molar-refractivity contribution in [2.75, 3.05) is 50.0 Å². The molecule has 1 N–H and O–H groups in total. The SMILES string of the molecule is COc1ccc(S(=O)(=O)Nc2ccc(I)cc2)cc1N1CCN(C)CC1.Cl. The van der Waals surface area contributed by atoms with Gasteiger partial charge >= 0.3 is 0 Å². The van der Waals surface area contributed by atoms with Crippen LogP contribution in [0.15, 0.2) is 47.4 Å². The second-order valence-corrected chi connectivity index (χ2v) is 9.16. The lowest BCUT2D eigenvalue weighted by molar-refractivity contribution is 0.311. The highest BCUT2D eigenvalue weighted by atomic mass is 127. The number of halogens is 2. The van der Waals surface area contributed by atoms with Crippen LogP contribution in [0.4, 0.5) is 11.4 Å². The number of benzene rings is 2. The van der Waals surface area contributed by atoms with Crippen LogP contribution in [0, 0.1) is 3.57 Å². The normalized spacial score (nSPS) is 15.1. The van der Waals surface area contributed by atoms with Crippen molar-refractivity contribution in [2.45, 2.75) is 4.90 Å². The van der Waals surface area contributed by atoms with Crippen LogP contribution in [0.1, 0.15) is 0 Å². The van der Waals surface area contributed by atoms with Gasteiger partial charge in [0.1, 0.15) is 5.75 Å². The van der Waals surface area contributed by atoms with Gasteiger partial charge in [-0.2, -0.15) is 0 Å². The van der Waals surface area contributed by atoms with E-state index in [1.54, 1.807) is 37.4 Å². The minimum Gasteiger partial charge on any atom is -0.495 e. The summed E-state index contributed by atoms with van der Waals surface area (Å²) in [6.45, 7) is 3.53. The summed E-state index contributed by atoms with van der Waals surface area (Å²) < 4.78 is 34.7. The molecule has 2 aromatic carbocycles. The van der Waals surface area contributed by atoms with Crippen LogP contribution in [0.2, 0.25) is 0 Å². The number of ether oxygens (including phenoxy) is 1. The van der Waals surface area contributed by atoms with Gasteiger partial charge in [-0.1, -0.05) is 0 Å². The van der Waals surface area contributed by atoms with E-state index in [9.17, 15) is 8.42 Å². The third-order valence-electron chi connectivity index (χ3n) is 4.40. The highest BCUT2D eigenvalue weighted by Crippen LogP contribution is 2.32. The van der Waals surface area contributed by atoms with Crippen LogP contribution in [-0.2, 0) is 10.0 Å². The van der Waals surface area contributed by atoms with Gasteiger partial charge in [-0.15, -0.1) is 12.4 Å². The Morgan fingerprint density at radius 2 is 1.67 bits per heavy atom. The Balaban J connectivity index is 0.00000261. The van der Waals surface area contributed by atoms with Crippen molar-refractivity contribution < 1.29 is 13.2 Å². The Hall–Kier alpha value is -1.23. The van der Waals surface area contributed by atoms with Gasteiger partial charge in [0.15, 0.2) is 0 Å². The zero-order valence-corrected chi connectivity index (χ0v) is 19.0. The standard InChI is InChI=1S/C18H22IN3O3S.ClH/c1-21-9-11-22(12-10-21)17-13-16(7-8-18(17)25-2)26(23,24)20-15-5-3-14(19)4-6-15;/h3-8,13,20H,9-12H2,1-2H3;1H. The fourth-order valence-corrected chi connectivity index (χ4v) is 4.30. The lowest BCUT2D eigenvalue weighted by Gasteiger charge is -2.34. The molecule has 0 atom stereocenters. The molecule has 6 nitrogen and oxygen atoms in total. The summed E-state index contributed by atoms with van der Waals surface area (Å²) in [5.41, 5.74) is 1.36. The largest absolute Gasteiger partial charge is 0.495 e. The molecule has 27 heavy (non-hydrogen) atoms. The number of likely N-dealkylation sites (N-methyl/N-ethyl adjacent to an activating group) is 1. The first-order valence-corrected chi connectivity index (χ1v) is 10.8. The molecule has 1 aliphatic rings. The highest BCUT2D eigenvalue weighted by Gasteiger charge is 2.22. The average Bonchev–Trinajstić information content (AvgIpc) is 2.63. The van der Waals surface area contributed by atoms with Crippen LogP contribution >= 0.6 is 35.0 Å². The number of rotatable bonds is 5. The summed E-state index contributed by atoms with van der Waals surface area (Å²) in [4.78, 5) is 4.65. The second kappa shape index (κ2) is 9.31. The lowest BCUT2D eigenvalue weighted by atomic mass is 10.2. The number of hydrogen-bond acceptors (Lipinski definition) is 5. The Bertz CT molecular complexity index is 870. The Labute approximate surface area is 180 Å². The average molecular weight is 524 g/mol. The van der Waals surface area contributed by atoms with Crippen LogP contribution in [0.3, 0.4) is 0 Å². The van der Waals surface area contributed by atoms with Gasteiger partial charge in [-0.05, 0) is 72.1 Å². The van der Waals surface area contributed by atoms with Crippen molar-refractivity contribution in [1.29, 1.82) is 0 Å². The first-order chi connectivity index (χ1) is 12.4. The van der Waals surface area contributed by atoms with Gasteiger partial charge in [0, 0.05) is 35.4 Å². The molecule has 0 bridgehead atoms. The third kappa shape index (κ3) is 5.40. The van der Waals surface area contributed by atoms with E-state index in [-0.39, 0.29) is 17.3 Å². The molecule has 0 saturated carbocycles. The van der Waals surface area contributed by atoms with Crippen molar-refractivity contribution in [2.24, 2.45) is 0 Å². The monoisotopic (exact) mass is 523 g/mol. The zero-order chi connectivity index (χ0) is 18.7. The van der Waals surface area contributed by atoms with Gasteiger partial charge in [0.2, 0.25) is 0 Å². The van der Waals surface area contributed by atoms with Crippen molar-refractivity contribution in [3.05, 3.63) is 46.0 Å². The maximum absolute atomic E-state index is 12.8. The molecule has 0 spiro atoms. The highest BCUT2D eigenvalue weighted by molar-refractivity contribution is 14.1. The van der Waals surface area contributed by atoms with Crippen LogP contribution < -0.4 is 14.4 Å². The molecule has 0 radical (unpaired) electrons. The van der Waals surface area contributed by atoms with Crippen molar-refractivity contribution in [1.82, 2.24) is 4.90 Å².